The molecule has 1 aromatic heterocycles. The Morgan fingerprint density at radius 1 is 1.38 bits per heavy atom. The Balaban J connectivity index is 2.27. The van der Waals surface area contributed by atoms with Crippen molar-refractivity contribution in [1.82, 2.24) is 9.47 Å². The number of nitrogens with zero attached hydrogens (tertiary/aromatic N) is 2. The average Bonchev–Trinajstić information content (AvgIpc) is 3.25. The van der Waals surface area contributed by atoms with E-state index in [0.717, 1.165) is 13.1 Å². The van der Waals surface area contributed by atoms with Crippen molar-refractivity contribution >= 4 is 17.3 Å². The molecule has 0 unspecified atom stereocenters. The predicted molar refractivity (Wildman–Crippen MR) is 75.9 cm³/mol. The number of rotatable bonds is 3. The van der Waals surface area contributed by atoms with Gasteiger partial charge in [-0.25, -0.2) is 0 Å². The SMILES string of the molecule is C/C=C(/O)c1c(CO)c2c(n1C)C(=O)C=C(N1CC1)C2=O. The van der Waals surface area contributed by atoms with Gasteiger partial charge < -0.3 is 19.7 Å². The average molecular weight is 288 g/mol. The molecule has 1 aliphatic heterocycles. The van der Waals surface area contributed by atoms with E-state index in [2.05, 4.69) is 0 Å². The van der Waals surface area contributed by atoms with Crippen LogP contribution in [0.1, 0.15) is 39.0 Å². The maximum absolute atomic E-state index is 12.6. The van der Waals surface area contributed by atoms with Gasteiger partial charge in [0.15, 0.2) is 0 Å². The van der Waals surface area contributed by atoms with Crippen LogP contribution in [-0.2, 0) is 13.7 Å². The van der Waals surface area contributed by atoms with Gasteiger partial charge in [-0.2, -0.15) is 0 Å². The maximum Gasteiger partial charge on any atom is 0.211 e. The molecule has 21 heavy (non-hydrogen) atoms. The van der Waals surface area contributed by atoms with E-state index in [9.17, 15) is 19.8 Å². The molecule has 1 aliphatic carbocycles. The van der Waals surface area contributed by atoms with Gasteiger partial charge >= 0.3 is 0 Å². The summed E-state index contributed by atoms with van der Waals surface area (Å²) in [5.41, 5.74) is 1.41. The van der Waals surface area contributed by atoms with Crippen LogP contribution in [0.25, 0.3) is 5.76 Å². The van der Waals surface area contributed by atoms with Gasteiger partial charge in [0.1, 0.15) is 11.5 Å². The van der Waals surface area contributed by atoms with Crippen LogP contribution in [0.15, 0.2) is 17.8 Å². The lowest BCUT2D eigenvalue weighted by molar-refractivity contribution is 0.0964. The Kier molecular flexibility index (Phi) is 2.98. The second kappa shape index (κ2) is 4.60. The third kappa shape index (κ3) is 1.83. The lowest BCUT2D eigenvalue weighted by Gasteiger charge is -2.14. The summed E-state index contributed by atoms with van der Waals surface area (Å²) < 4.78 is 1.48. The topological polar surface area (TPSA) is 82.5 Å². The summed E-state index contributed by atoms with van der Waals surface area (Å²) in [6.07, 6.45) is 2.81. The van der Waals surface area contributed by atoms with Crippen molar-refractivity contribution in [3.63, 3.8) is 0 Å². The fourth-order valence-corrected chi connectivity index (χ4v) is 2.81. The standard InChI is InChI=1S/C15H16N2O4/c1-3-10(19)13-8(7-18)12-14(16(13)2)11(20)6-9(15(12)21)17-4-5-17/h3,6,18-19H,4-5,7H2,1-2H3/b10-3+. The third-order valence-corrected chi connectivity index (χ3v) is 3.92. The second-order valence-electron chi connectivity index (χ2n) is 5.15. The first-order valence-corrected chi connectivity index (χ1v) is 6.75. The zero-order chi connectivity index (χ0) is 15.3. The number of carbonyl (C=O) groups is 2. The lowest BCUT2D eigenvalue weighted by Crippen LogP contribution is -2.22. The van der Waals surface area contributed by atoms with E-state index in [0.29, 0.717) is 17.0 Å². The van der Waals surface area contributed by atoms with Crippen LogP contribution < -0.4 is 0 Å². The molecule has 0 radical (unpaired) electrons. The van der Waals surface area contributed by atoms with E-state index in [1.165, 1.54) is 16.7 Å². The monoisotopic (exact) mass is 288 g/mol. The Morgan fingerprint density at radius 2 is 2.05 bits per heavy atom. The fourth-order valence-electron chi connectivity index (χ4n) is 2.81. The number of ketones is 2. The fraction of sp³-hybridized carbons (Fsp3) is 0.333. The highest BCUT2D eigenvalue weighted by Gasteiger charge is 2.38. The number of fused-ring (bicyclic) bond motifs is 1. The molecule has 2 heterocycles. The summed E-state index contributed by atoms with van der Waals surface area (Å²) in [6.45, 7) is 2.75. The Morgan fingerprint density at radius 3 is 2.57 bits per heavy atom. The molecule has 6 heteroatoms. The highest BCUT2D eigenvalue weighted by atomic mass is 16.3. The molecule has 110 valence electrons. The molecular weight excluding hydrogens is 272 g/mol. The predicted octanol–water partition coefficient (Wildman–Crippen LogP) is 1.01. The van der Waals surface area contributed by atoms with Crippen LogP contribution in [-0.4, -0.2) is 44.3 Å². The number of hydrogen-bond acceptors (Lipinski definition) is 5. The highest BCUT2D eigenvalue weighted by Crippen LogP contribution is 2.34. The third-order valence-electron chi connectivity index (χ3n) is 3.92. The van der Waals surface area contributed by atoms with Crippen molar-refractivity contribution in [2.75, 3.05) is 13.1 Å². The summed E-state index contributed by atoms with van der Waals surface area (Å²) in [5, 5.41) is 19.6. The van der Waals surface area contributed by atoms with Crippen molar-refractivity contribution < 1.29 is 19.8 Å². The van der Waals surface area contributed by atoms with Gasteiger partial charge in [-0.05, 0) is 13.0 Å². The molecule has 0 spiro atoms. The Labute approximate surface area is 121 Å². The van der Waals surface area contributed by atoms with Gasteiger partial charge in [0.2, 0.25) is 11.6 Å². The number of carbonyl (C=O) groups excluding carboxylic acids is 2. The van der Waals surface area contributed by atoms with Crippen molar-refractivity contribution in [3.8, 4) is 0 Å². The molecule has 0 amide bonds. The maximum atomic E-state index is 12.6. The first-order chi connectivity index (χ1) is 10.0. The second-order valence-corrected chi connectivity index (χ2v) is 5.15. The summed E-state index contributed by atoms with van der Waals surface area (Å²) >= 11 is 0. The van der Waals surface area contributed by atoms with E-state index in [1.54, 1.807) is 14.0 Å². The molecule has 2 aliphatic rings. The number of aliphatic hydroxyl groups excluding tert-OH is 2. The molecule has 3 rings (SSSR count). The van der Waals surface area contributed by atoms with E-state index in [4.69, 9.17) is 0 Å². The zero-order valence-corrected chi connectivity index (χ0v) is 11.9. The van der Waals surface area contributed by atoms with Crippen LogP contribution in [0.5, 0.6) is 0 Å². The van der Waals surface area contributed by atoms with Gasteiger partial charge in [-0.1, -0.05) is 0 Å². The number of allylic oxidation sites excluding steroid dienone is 3. The molecule has 0 bridgehead atoms. The summed E-state index contributed by atoms with van der Waals surface area (Å²) in [7, 11) is 1.61. The minimum Gasteiger partial charge on any atom is -0.506 e. The first-order valence-electron chi connectivity index (χ1n) is 6.75. The van der Waals surface area contributed by atoms with Gasteiger partial charge in [0, 0.05) is 31.8 Å². The van der Waals surface area contributed by atoms with Crippen molar-refractivity contribution in [2.24, 2.45) is 7.05 Å². The van der Waals surface area contributed by atoms with Crippen molar-refractivity contribution in [2.45, 2.75) is 13.5 Å². The van der Waals surface area contributed by atoms with Gasteiger partial charge in [-0.15, -0.1) is 0 Å². The summed E-state index contributed by atoms with van der Waals surface area (Å²) in [5.74, 6) is -0.611. The summed E-state index contributed by atoms with van der Waals surface area (Å²) in [4.78, 5) is 26.8. The van der Waals surface area contributed by atoms with Gasteiger partial charge in [-0.3, -0.25) is 9.59 Å². The molecule has 0 aromatic carbocycles. The van der Waals surface area contributed by atoms with E-state index in [1.807, 2.05) is 4.90 Å². The number of Topliss-reactive ketones (excluding diaryl/α,β-unsaturated/α-hetero) is 1. The molecule has 1 aromatic rings. The molecular formula is C15H16N2O4. The summed E-state index contributed by atoms with van der Waals surface area (Å²) in [6, 6.07) is 0. The van der Waals surface area contributed by atoms with Crippen LogP contribution in [0.3, 0.4) is 0 Å². The Bertz CT molecular complexity index is 721. The lowest BCUT2D eigenvalue weighted by atomic mass is 9.95. The number of aliphatic hydroxyl groups is 2. The molecule has 2 N–H and O–H groups in total. The Hall–Kier alpha value is -2.34. The molecule has 1 fully saturated rings. The zero-order valence-electron chi connectivity index (χ0n) is 11.9. The van der Waals surface area contributed by atoms with E-state index in [-0.39, 0.29) is 28.6 Å². The van der Waals surface area contributed by atoms with E-state index < -0.39 is 6.61 Å². The number of aromatic nitrogens is 1. The molecule has 0 saturated carbocycles. The largest absolute Gasteiger partial charge is 0.506 e. The molecule has 6 nitrogen and oxygen atoms in total. The van der Waals surface area contributed by atoms with Crippen molar-refractivity contribution in [1.29, 1.82) is 0 Å². The van der Waals surface area contributed by atoms with Gasteiger partial charge in [0.25, 0.3) is 0 Å². The normalized spacial score (nSPS) is 18.0. The molecule has 0 atom stereocenters. The van der Waals surface area contributed by atoms with Crippen LogP contribution in [0.2, 0.25) is 0 Å². The van der Waals surface area contributed by atoms with Crippen LogP contribution >= 0.6 is 0 Å². The van der Waals surface area contributed by atoms with Crippen LogP contribution in [0, 0.1) is 0 Å². The van der Waals surface area contributed by atoms with Crippen LogP contribution in [0.4, 0.5) is 0 Å². The van der Waals surface area contributed by atoms with Crippen molar-refractivity contribution in [3.05, 3.63) is 40.4 Å². The van der Waals surface area contributed by atoms with Gasteiger partial charge in [0.05, 0.1) is 23.6 Å². The van der Waals surface area contributed by atoms with E-state index >= 15 is 0 Å². The quantitative estimate of drug-likeness (QED) is 0.641. The molecule has 1 saturated heterocycles. The minimum absolute atomic E-state index is 0.0650. The first kappa shape index (κ1) is 13.6. The smallest absolute Gasteiger partial charge is 0.211 e. The minimum atomic E-state index is -0.414. The highest BCUT2D eigenvalue weighted by molar-refractivity contribution is 6.25. The number of hydrogen-bond donors (Lipinski definition) is 2.